The average Bonchev–Trinajstić information content (AvgIpc) is 3.15. The number of fused-ring (bicyclic) bond motifs is 1. The predicted octanol–water partition coefficient (Wildman–Crippen LogP) is 4.45. The Labute approximate surface area is 186 Å². The molecule has 0 unspecified atom stereocenters. The maximum Gasteiger partial charge on any atom is 0.332 e. The summed E-state index contributed by atoms with van der Waals surface area (Å²) in [5.41, 5.74) is 2.72. The van der Waals surface area contributed by atoms with Crippen molar-refractivity contribution in [2.75, 3.05) is 14.2 Å². The number of ether oxygens (including phenoxy) is 2. The highest BCUT2D eigenvalue weighted by molar-refractivity contribution is 6.27. The first-order chi connectivity index (χ1) is 15.5. The number of hydrogen-bond donors (Lipinski definition) is 0. The number of Topliss-reactive ketones (excluding diaryl/α,β-unsaturated/α-hetero) is 1. The Hall–Kier alpha value is -3.99. The molecule has 1 aliphatic carbocycles. The summed E-state index contributed by atoms with van der Waals surface area (Å²) >= 11 is 0. The maximum absolute atomic E-state index is 13.4. The van der Waals surface area contributed by atoms with E-state index in [9.17, 15) is 14.4 Å². The molecule has 5 heteroatoms. The van der Waals surface area contributed by atoms with Gasteiger partial charge in [0, 0.05) is 11.1 Å². The molecule has 0 amide bonds. The summed E-state index contributed by atoms with van der Waals surface area (Å²) in [5, 5.41) is 0. The molecular formula is C27H22O5. The van der Waals surface area contributed by atoms with Crippen LogP contribution in [0.15, 0.2) is 78.9 Å². The number of methoxy groups -OCH3 is 2. The first kappa shape index (κ1) is 21.2. The second-order valence-electron chi connectivity index (χ2n) is 7.53. The van der Waals surface area contributed by atoms with Crippen LogP contribution in [0.4, 0.5) is 0 Å². The third-order valence-corrected chi connectivity index (χ3v) is 5.85. The van der Waals surface area contributed by atoms with Crippen molar-refractivity contribution in [1.29, 1.82) is 0 Å². The normalized spacial score (nSPS) is 14.0. The van der Waals surface area contributed by atoms with Gasteiger partial charge in [0.05, 0.1) is 14.2 Å². The van der Waals surface area contributed by atoms with E-state index in [1.54, 1.807) is 24.3 Å². The standard InChI is InChI=1S/C27H22O5/c1-17(28)18-13-15-19(16-14-18)23-21-11-7-8-12-22(21)27(25(29)31-2,26(30)32-3)24(23)20-9-5-4-6-10-20/h4-16H,1-3H3. The first-order valence-electron chi connectivity index (χ1n) is 10.1. The van der Waals surface area contributed by atoms with Gasteiger partial charge in [-0.1, -0.05) is 78.9 Å². The van der Waals surface area contributed by atoms with E-state index in [-0.39, 0.29) is 5.78 Å². The van der Waals surface area contributed by atoms with Crippen molar-refractivity contribution in [3.63, 3.8) is 0 Å². The smallest absolute Gasteiger partial charge is 0.332 e. The number of esters is 2. The zero-order valence-electron chi connectivity index (χ0n) is 18.0. The molecule has 0 saturated carbocycles. The summed E-state index contributed by atoms with van der Waals surface area (Å²) in [6.45, 7) is 1.51. The molecule has 0 aromatic heterocycles. The van der Waals surface area contributed by atoms with Gasteiger partial charge in [-0.15, -0.1) is 0 Å². The Morgan fingerprint density at radius 1 is 0.688 bits per heavy atom. The van der Waals surface area contributed by atoms with Gasteiger partial charge in [-0.2, -0.15) is 0 Å². The summed E-state index contributed by atoms with van der Waals surface area (Å²) in [6.07, 6.45) is 0. The molecule has 5 nitrogen and oxygen atoms in total. The molecule has 160 valence electrons. The van der Waals surface area contributed by atoms with Crippen molar-refractivity contribution < 1.29 is 23.9 Å². The molecule has 0 spiro atoms. The maximum atomic E-state index is 13.4. The molecule has 0 heterocycles. The summed E-state index contributed by atoms with van der Waals surface area (Å²) < 4.78 is 10.4. The molecule has 0 aliphatic heterocycles. The molecule has 0 fully saturated rings. The Balaban J connectivity index is 2.16. The largest absolute Gasteiger partial charge is 0.468 e. The number of carbonyl (C=O) groups excluding carboxylic acids is 3. The van der Waals surface area contributed by atoms with Crippen molar-refractivity contribution >= 4 is 28.9 Å². The van der Waals surface area contributed by atoms with Crippen molar-refractivity contribution in [3.05, 3.63) is 107 Å². The molecule has 3 aromatic carbocycles. The highest BCUT2D eigenvalue weighted by atomic mass is 16.5. The second kappa shape index (κ2) is 8.27. The molecule has 3 aromatic rings. The molecule has 1 aliphatic rings. The topological polar surface area (TPSA) is 69.7 Å². The lowest BCUT2D eigenvalue weighted by molar-refractivity contribution is -0.158. The van der Waals surface area contributed by atoms with E-state index in [1.165, 1.54) is 21.1 Å². The fourth-order valence-corrected chi connectivity index (χ4v) is 4.44. The van der Waals surface area contributed by atoms with Gasteiger partial charge in [0.15, 0.2) is 5.78 Å². The SMILES string of the molecule is COC(=O)C1(C(=O)OC)C(c2ccccc2)=C(c2ccc(C(C)=O)cc2)c2ccccc21. The van der Waals surface area contributed by atoms with Gasteiger partial charge in [0.25, 0.3) is 0 Å². The fourth-order valence-electron chi connectivity index (χ4n) is 4.44. The van der Waals surface area contributed by atoms with Gasteiger partial charge in [-0.05, 0) is 34.8 Å². The van der Waals surface area contributed by atoms with E-state index in [0.29, 0.717) is 22.3 Å². The zero-order valence-corrected chi connectivity index (χ0v) is 18.0. The van der Waals surface area contributed by atoms with Crippen molar-refractivity contribution in [1.82, 2.24) is 0 Å². The minimum absolute atomic E-state index is 0.0425. The van der Waals surface area contributed by atoms with Crippen LogP contribution in [0.2, 0.25) is 0 Å². The van der Waals surface area contributed by atoms with Crippen molar-refractivity contribution in [2.45, 2.75) is 12.3 Å². The van der Waals surface area contributed by atoms with Crippen LogP contribution in [-0.2, 0) is 24.5 Å². The molecule has 0 N–H and O–H groups in total. The van der Waals surface area contributed by atoms with Crippen molar-refractivity contribution in [3.8, 4) is 0 Å². The van der Waals surface area contributed by atoms with E-state index >= 15 is 0 Å². The van der Waals surface area contributed by atoms with E-state index < -0.39 is 17.4 Å². The summed E-state index contributed by atoms with van der Waals surface area (Å²) in [5.74, 6) is -1.48. The Kier molecular flexibility index (Phi) is 5.49. The number of rotatable bonds is 5. The fraction of sp³-hybridized carbons (Fsp3) is 0.148. The van der Waals surface area contributed by atoms with E-state index in [1.807, 2.05) is 54.6 Å². The van der Waals surface area contributed by atoms with Gasteiger partial charge in [-0.3, -0.25) is 14.4 Å². The highest BCUT2D eigenvalue weighted by Gasteiger charge is 2.59. The quantitative estimate of drug-likeness (QED) is 0.343. The van der Waals surface area contributed by atoms with E-state index in [0.717, 1.165) is 16.7 Å². The molecule has 0 saturated heterocycles. The lowest BCUT2D eigenvalue weighted by Gasteiger charge is -2.28. The van der Waals surface area contributed by atoms with Gasteiger partial charge < -0.3 is 9.47 Å². The average molecular weight is 426 g/mol. The van der Waals surface area contributed by atoms with Crippen LogP contribution >= 0.6 is 0 Å². The van der Waals surface area contributed by atoms with E-state index in [2.05, 4.69) is 0 Å². The number of benzene rings is 3. The minimum atomic E-state index is -1.78. The second-order valence-corrected chi connectivity index (χ2v) is 7.53. The number of ketones is 1. The minimum Gasteiger partial charge on any atom is -0.468 e. The third-order valence-electron chi connectivity index (χ3n) is 5.85. The predicted molar refractivity (Wildman–Crippen MR) is 121 cm³/mol. The van der Waals surface area contributed by atoms with Gasteiger partial charge in [0.2, 0.25) is 5.41 Å². The van der Waals surface area contributed by atoms with Crippen LogP contribution in [0.3, 0.4) is 0 Å². The lowest BCUT2D eigenvalue weighted by Crippen LogP contribution is -2.45. The third kappa shape index (κ3) is 3.05. The van der Waals surface area contributed by atoms with Crippen LogP contribution in [-0.4, -0.2) is 31.9 Å². The Morgan fingerprint density at radius 2 is 1.25 bits per heavy atom. The van der Waals surface area contributed by atoms with Gasteiger partial charge in [0.1, 0.15) is 0 Å². The molecule has 0 radical (unpaired) electrons. The monoisotopic (exact) mass is 426 g/mol. The van der Waals surface area contributed by atoms with Gasteiger partial charge >= 0.3 is 11.9 Å². The highest BCUT2D eigenvalue weighted by Crippen LogP contribution is 2.54. The summed E-state index contributed by atoms with van der Waals surface area (Å²) in [7, 11) is 2.52. The Bertz CT molecular complexity index is 1220. The lowest BCUT2D eigenvalue weighted by atomic mass is 9.74. The van der Waals surface area contributed by atoms with Crippen molar-refractivity contribution in [2.24, 2.45) is 0 Å². The van der Waals surface area contributed by atoms with Gasteiger partial charge in [-0.25, -0.2) is 0 Å². The number of hydrogen-bond acceptors (Lipinski definition) is 5. The van der Waals surface area contributed by atoms with Crippen LogP contribution in [0, 0.1) is 0 Å². The molecule has 0 bridgehead atoms. The molecular weight excluding hydrogens is 404 g/mol. The van der Waals surface area contributed by atoms with E-state index in [4.69, 9.17) is 9.47 Å². The van der Waals surface area contributed by atoms with Crippen LogP contribution in [0.1, 0.15) is 39.5 Å². The molecule has 32 heavy (non-hydrogen) atoms. The summed E-state index contributed by atoms with van der Waals surface area (Å²) in [6, 6.07) is 23.7. The first-order valence-corrected chi connectivity index (χ1v) is 10.1. The van der Waals surface area contributed by atoms with Crippen LogP contribution in [0.5, 0.6) is 0 Å². The zero-order chi connectivity index (χ0) is 22.9. The number of carbonyl (C=O) groups is 3. The van der Waals surface area contributed by atoms with Crippen LogP contribution in [0.25, 0.3) is 11.1 Å². The summed E-state index contributed by atoms with van der Waals surface area (Å²) in [4.78, 5) is 38.6. The molecule has 4 rings (SSSR count). The van der Waals surface area contributed by atoms with Crippen LogP contribution < -0.4 is 0 Å². The molecule has 0 atom stereocenters. The Morgan fingerprint density at radius 3 is 1.81 bits per heavy atom.